The van der Waals surface area contributed by atoms with Crippen LogP contribution in [0.2, 0.25) is 5.02 Å². The smallest absolute Gasteiger partial charge is 0.227 e. The van der Waals surface area contributed by atoms with Crippen LogP contribution in [0.5, 0.6) is 0 Å². The topological polar surface area (TPSA) is 38.1 Å². The second kappa shape index (κ2) is 7.86. The summed E-state index contributed by atoms with van der Waals surface area (Å²) in [5.41, 5.74) is 6.37. The number of nitrogens with zero attached hydrogens (tertiary/aromatic N) is 3. The zero-order chi connectivity index (χ0) is 21.5. The number of carbonyl (C=O) groups is 1. The number of aromatic nitrogens is 2. The van der Waals surface area contributed by atoms with Crippen LogP contribution in [-0.4, -0.2) is 22.0 Å². The summed E-state index contributed by atoms with van der Waals surface area (Å²) in [7, 11) is 0. The largest absolute Gasteiger partial charge is 0.323 e. The van der Waals surface area contributed by atoms with Gasteiger partial charge >= 0.3 is 0 Å². The van der Waals surface area contributed by atoms with Gasteiger partial charge in [0.2, 0.25) is 5.91 Å². The molecule has 1 aliphatic rings. The van der Waals surface area contributed by atoms with E-state index < -0.39 is 0 Å². The Morgan fingerprint density at radius 3 is 2.61 bits per heavy atom. The molecule has 0 saturated carbocycles. The lowest BCUT2D eigenvalue weighted by atomic mass is 10.1. The second-order valence-corrected chi connectivity index (χ2v) is 8.74. The molecule has 1 aliphatic heterocycles. The van der Waals surface area contributed by atoms with Gasteiger partial charge in [-0.1, -0.05) is 59.6 Å². The summed E-state index contributed by atoms with van der Waals surface area (Å²) < 4.78 is 2.22. The van der Waals surface area contributed by atoms with Crippen molar-refractivity contribution < 1.29 is 4.79 Å². The molecular weight excluding hydrogens is 406 g/mol. The fourth-order valence-corrected chi connectivity index (χ4v) is 4.79. The van der Waals surface area contributed by atoms with E-state index in [9.17, 15) is 4.79 Å². The zero-order valence-corrected chi connectivity index (χ0v) is 18.4. The Morgan fingerprint density at radius 1 is 1.03 bits per heavy atom. The number of hydrogen-bond acceptors (Lipinski definition) is 2. The molecule has 0 radical (unpaired) electrons. The Balaban J connectivity index is 1.54. The normalized spacial score (nSPS) is 16.4. The first-order valence-electron chi connectivity index (χ1n) is 10.6. The first-order chi connectivity index (χ1) is 15.0. The molecule has 0 unspecified atom stereocenters. The minimum Gasteiger partial charge on any atom is -0.323 e. The van der Waals surface area contributed by atoms with Gasteiger partial charge in [0, 0.05) is 29.6 Å². The van der Waals surface area contributed by atoms with Crippen LogP contribution in [0, 0.1) is 13.8 Å². The Bertz CT molecular complexity index is 1290. The number of benzene rings is 3. The molecule has 3 aromatic carbocycles. The van der Waals surface area contributed by atoms with E-state index in [2.05, 4.69) is 42.7 Å². The van der Waals surface area contributed by atoms with E-state index in [-0.39, 0.29) is 11.8 Å². The summed E-state index contributed by atoms with van der Waals surface area (Å²) in [5, 5.41) is 0.741. The number of aryl methyl sites for hydroxylation is 2. The summed E-state index contributed by atoms with van der Waals surface area (Å²) in [6.07, 6.45) is 0.458. The molecule has 0 bridgehead atoms. The molecule has 1 aromatic heterocycles. The summed E-state index contributed by atoms with van der Waals surface area (Å²) >= 11 is 6.46. The molecule has 0 N–H and O–H groups in total. The number of imidazole rings is 1. The molecule has 5 heteroatoms. The average molecular weight is 430 g/mol. The van der Waals surface area contributed by atoms with E-state index in [1.165, 1.54) is 5.56 Å². The van der Waals surface area contributed by atoms with Gasteiger partial charge in [-0.2, -0.15) is 0 Å². The van der Waals surface area contributed by atoms with Crippen molar-refractivity contribution in [1.82, 2.24) is 9.55 Å². The molecule has 31 heavy (non-hydrogen) atoms. The minimum atomic E-state index is 0.0306. The van der Waals surface area contributed by atoms with Gasteiger partial charge in [0.15, 0.2) is 0 Å². The molecule has 1 fully saturated rings. The van der Waals surface area contributed by atoms with Gasteiger partial charge in [-0.25, -0.2) is 4.98 Å². The molecule has 2 heterocycles. The van der Waals surface area contributed by atoms with Crippen molar-refractivity contribution in [3.8, 4) is 0 Å². The second-order valence-electron chi connectivity index (χ2n) is 8.33. The minimum absolute atomic E-state index is 0.0306. The van der Waals surface area contributed by atoms with Crippen LogP contribution >= 0.6 is 11.6 Å². The first kappa shape index (κ1) is 19.8. The van der Waals surface area contributed by atoms with Crippen molar-refractivity contribution in [1.29, 1.82) is 0 Å². The number of halogens is 1. The number of rotatable bonds is 4. The maximum absolute atomic E-state index is 13.0. The fraction of sp³-hybridized carbons (Fsp3) is 0.231. The maximum Gasteiger partial charge on any atom is 0.227 e. The number of amides is 1. The van der Waals surface area contributed by atoms with E-state index in [1.54, 1.807) is 0 Å². The van der Waals surface area contributed by atoms with Gasteiger partial charge in [0.25, 0.3) is 0 Å². The summed E-state index contributed by atoms with van der Waals surface area (Å²) in [6.45, 7) is 5.40. The third-order valence-electron chi connectivity index (χ3n) is 6.10. The van der Waals surface area contributed by atoms with Gasteiger partial charge in [-0.15, -0.1) is 0 Å². The Hall–Kier alpha value is -3.11. The average Bonchev–Trinajstić information content (AvgIpc) is 3.30. The highest BCUT2D eigenvalue weighted by molar-refractivity contribution is 6.31. The third-order valence-corrected chi connectivity index (χ3v) is 6.47. The van der Waals surface area contributed by atoms with Gasteiger partial charge < -0.3 is 9.47 Å². The Labute approximate surface area is 187 Å². The van der Waals surface area contributed by atoms with Crippen LogP contribution in [0.4, 0.5) is 5.69 Å². The van der Waals surface area contributed by atoms with Gasteiger partial charge in [-0.05, 0) is 49.2 Å². The van der Waals surface area contributed by atoms with Crippen molar-refractivity contribution in [2.45, 2.75) is 32.7 Å². The number of anilines is 1. The van der Waals surface area contributed by atoms with Crippen LogP contribution < -0.4 is 4.90 Å². The number of para-hydroxylation sites is 2. The molecule has 0 aliphatic carbocycles. The molecule has 1 atom stereocenters. The van der Waals surface area contributed by atoms with Crippen molar-refractivity contribution in [2.75, 3.05) is 11.4 Å². The molecule has 156 valence electrons. The summed E-state index contributed by atoms with van der Waals surface area (Å²) in [6, 6.07) is 22.3. The van der Waals surface area contributed by atoms with Crippen molar-refractivity contribution >= 4 is 34.2 Å². The highest BCUT2D eigenvalue weighted by atomic mass is 35.5. The van der Waals surface area contributed by atoms with Crippen molar-refractivity contribution in [2.24, 2.45) is 0 Å². The van der Waals surface area contributed by atoms with Crippen LogP contribution in [0.1, 0.15) is 34.9 Å². The zero-order valence-electron chi connectivity index (χ0n) is 17.7. The molecule has 5 rings (SSSR count). The number of hydrogen-bond donors (Lipinski definition) is 0. The Kier molecular flexibility index (Phi) is 5.03. The summed E-state index contributed by atoms with van der Waals surface area (Å²) in [4.78, 5) is 19.9. The summed E-state index contributed by atoms with van der Waals surface area (Å²) in [5.74, 6) is 1.12. The highest BCUT2D eigenvalue weighted by Crippen LogP contribution is 2.35. The lowest BCUT2D eigenvalue weighted by Crippen LogP contribution is -2.25. The van der Waals surface area contributed by atoms with Crippen molar-refractivity contribution in [3.05, 3.63) is 94.3 Å². The van der Waals surface area contributed by atoms with E-state index in [1.807, 2.05) is 47.4 Å². The quantitative estimate of drug-likeness (QED) is 0.406. The van der Waals surface area contributed by atoms with Crippen LogP contribution in [0.15, 0.2) is 66.7 Å². The van der Waals surface area contributed by atoms with Gasteiger partial charge in [0.05, 0.1) is 17.6 Å². The van der Waals surface area contributed by atoms with Crippen molar-refractivity contribution in [3.63, 3.8) is 0 Å². The highest BCUT2D eigenvalue weighted by Gasteiger charge is 2.35. The Morgan fingerprint density at radius 2 is 1.81 bits per heavy atom. The fourth-order valence-electron chi connectivity index (χ4n) is 4.59. The van der Waals surface area contributed by atoms with E-state index in [0.717, 1.165) is 38.7 Å². The maximum atomic E-state index is 13.0. The van der Waals surface area contributed by atoms with Gasteiger partial charge in [-0.3, -0.25) is 4.79 Å². The molecule has 4 nitrogen and oxygen atoms in total. The number of carbonyl (C=O) groups excluding carboxylic acids is 1. The van der Waals surface area contributed by atoms with E-state index in [4.69, 9.17) is 16.6 Å². The number of fused-ring (bicyclic) bond motifs is 1. The standard InChI is InChI=1S/C26H24ClN3O/c1-17-11-12-23(18(2)13-17)29-16-20(14-25(29)31)26-28-22-9-5-6-10-24(22)30(26)15-19-7-3-4-8-21(19)27/h3-13,20H,14-16H2,1-2H3/t20-/m0/s1. The SMILES string of the molecule is Cc1ccc(N2C[C@@H](c3nc4ccccc4n3Cc3ccccc3Cl)CC2=O)c(C)c1. The van der Waals surface area contributed by atoms with E-state index >= 15 is 0 Å². The van der Waals surface area contributed by atoms with Crippen LogP contribution in [0.25, 0.3) is 11.0 Å². The third kappa shape index (κ3) is 3.61. The lowest BCUT2D eigenvalue weighted by molar-refractivity contribution is -0.117. The molecular formula is C26H24ClN3O. The predicted molar refractivity (Wildman–Crippen MR) is 126 cm³/mol. The molecule has 4 aromatic rings. The van der Waals surface area contributed by atoms with E-state index in [0.29, 0.717) is 19.5 Å². The monoisotopic (exact) mass is 429 g/mol. The lowest BCUT2D eigenvalue weighted by Gasteiger charge is -2.20. The first-order valence-corrected chi connectivity index (χ1v) is 11.0. The molecule has 0 spiro atoms. The molecule has 1 saturated heterocycles. The predicted octanol–water partition coefficient (Wildman–Crippen LogP) is 5.88. The van der Waals surface area contributed by atoms with Gasteiger partial charge in [0.1, 0.15) is 5.82 Å². The van der Waals surface area contributed by atoms with Crippen LogP contribution in [0.3, 0.4) is 0 Å². The van der Waals surface area contributed by atoms with Crippen LogP contribution in [-0.2, 0) is 11.3 Å². The molecule has 1 amide bonds.